The van der Waals surface area contributed by atoms with Crippen LogP contribution in [0.25, 0.3) is 0 Å². The lowest BCUT2D eigenvalue weighted by Gasteiger charge is -1.93. The standard InChI is InChI=1S/C7H11N2.HI/c1-6-7(2)9(3)5-4-8-6;/h4-5H,1-3H3;1H/q+1;/p-1. The minimum Gasteiger partial charge on any atom is -1.00 e. The molecule has 56 valence electrons. The lowest BCUT2D eigenvalue weighted by atomic mass is 10.3. The highest BCUT2D eigenvalue weighted by Crippen LogP contribution is 1.91. The van der Waals surface area contributed by atoms with Crippen molar-refractivity contribution in [2.45, 2.75) is 13.8 Å². The van der Waals surface area contributed by atoms with E-state index in [1.807, 2.05) is 26.4 Å². The number of hydrogen-bond donors (Lipinski definition) is 0. The highest BCUT2D eigenvalue weighted by Gasteiger charge is 2.01. The molecule has 0 amide bonds. The van der Waals surface area contributed by atoms with Crippen molar-refractivity contribution in [3.8, 4) is 0 Å². The largest absolute Gasteiger partial charge is 1.00 e. The second-order valence-corrected chi connectivity index (χ2v) is 2.21. The van der Waals surface area contributed by atoms with Gasteiger partial charge in [-0.2, -0.15) is 0 Å². The predicted molar refractivity (Wildman–Crippen MR) is 34.9 cm³/mol. The van der Waals surface area contributed by atoms with Crippen molar-refractivity contribution >= 4 is 0 Å². The normalized spacial score (nSPS) is 8.70. The van der Waals surface area contributed by atoms with Crippen molar-refractivity contribution < 1.29 is 28.5 Å². The third-order valence-corrected chi connectivity index (χ3v) is 1.61. The molecule has 0 atom stereocenters. The van der Waals surface area contributed by atoms with Gasteiger partial charge in [-0.1, -0.05) is 0 Å². The fourth-order valence-electron chi connectivity index (χ4n) is 0.706. The maximum Gasteiger partial charge on any atom is 0.199 e. The maximum absolute atomic E-state index is 4.12. The van der Waals surface area contributed by atoms with Crippen molar-refractivity contribution in [3.05, 3.63) is 23.8 Å². The molecular weight excluding hydrogens is 239 g/mol. The summed E-state index contributed by atoms with van der Waals surface area (Å²) in [7, 11) is 2.02. The summed E-state index contributed by atoms with van der Waals surface area (Å²) in [6, 6.07) is 0. The summed E-state index contributed by atoms with van der Waals surface area (Å²) < 4.78 is 2.06. The van der Waals surface area contributed by atoms with E-state index in [1.165, 1.54) is 5.69 Å². The zero-order valence-corrected chi connectivity index (χ0v) is 8.58. The molecule has 0 bridgehead atoms. The summed E-state index contributed by atoms with van der Waals surface area (Å²) in [6.07, 6.45) is 3.75. The Morgan fingerprint density at radius 1 is 1.40 bits per heavy atom. The smallest absolute Gasteiger partial charge is 0.199 e. The average molecular weight is 250 g/mol. The van der Waals surface area contributed by atoms with Crippen molar-refractivity contribution in [2.75, 3.05) is 0 Å². The molecule has 0 spiro atoms. The molecule has 0 unspecified atom stereocenters. The van der Waals surface area contributed by atoms with Crippen molar-refractivity contribution in [1.82, 2.24) is 4.98 Å². The minimum atomic E-state index is 0. The number of aromatic nitrogens is 2. The first-order valence-corrected chi connectivity index (χ1v) is 2.99. The number of aryl methyl sites for hydroxylation is 2. The monoisotopic (exact) mass is 250 g/mol. The SMILES string of the molecule is Cc1ncc[n+](C)c1C.[I-]. The molecule has 0 saturated heterocycles. The quantitative estimate of drug-likeness (QED) is 0.368. The Balaban J connectivity index is 0.000000810. The molecule has 0 fully saturated rings. The molecule has 2 nitrogen and oxygen atoms in total. The molecule has 1 heterocycles. The number of hydrogen-bond acceptors (Lipinski definition) is 1. The summed E-state index contributed by atoms with van der Waals surface area (Å²) in [4.78, 5) is 4.12. The van der Waals surface area contributed by atoms with Crippen LogP contribution in [0.3, 0.4) is 0 Å². The van der Waals surface area contributed by atoms with Gasteiger partial charge in [-0.05, 0) is 6.92 Å². The first-order valence-electron chi connectivity index (χ1n) is 2.99. The summed E-state index contributed by atoms with van der Waals surface area (Å²) >= 11 is 0. The van der Waals surface area contributed by atoms with Crippen molar-refractivity contribution in [2.24, 2.45) is 7.05 Å². The molecule has 1 aromatic heterocycles. The fourth-order valence-corrected chi connectivity index (χ4v) is 0.706. The zero-order valence-electron chi connectivity index (χ0n) is 6.43. The van der Waals surface area contributed by atoms with Crippen LogP contribution in [0, 0.1) is 13.8 Å². The molecule has 10 heavy (non-hydrogen) atoms. The third-order valence-electron chi connectivity index (χ3n) is 1.61. The molecule has 0 saturated carbocycles. The molecule has 3 heteroatoms. The van der Waals surface area contributed by atoms with Crippen LogP contribution < -0.4 is 28.5 Å². The van der Waals surface area contributed by atoms with E-state index in [0.29, 0.717) is 0 Å². The van der Waals surface area contributed by atoms with Gasteiger partial charge in [0.25, 0.3) is 0 Å². The van der Waals surface area contributed by atoms with Gasteiger partial charge in [0, 0.05) is 6.92 Å². The Morgan fingerprint density at radius 3 is 2.40 bits per heavy atom. The van der Waals surface area contributed by atoms with Crippen LogP contribution in [0.15, 0.2) is 12.4 Å². The average Bonchev–Trinajstić information content (AvgIpc) is 1.83. The van der Waals surface area contributed by atoms with Crippen molar-refractivity contribution in [3.63, 3.8) is 0 Å². The van der Waals surface area contributed by atoms with Crippen LogP contribution in [0.2, 0.25) is 0 Å². The van der Waals surface area contributed by atoms with Crippen LogP contribution in [0.1, 0.15) is 11.4 Å². The van der Waals surface area contributed by atoms with Gasteiger partial charge in [0.2, 0.25) is 0 Å². The van der Waals surface area contributed by atoms with Gasteiger partial charge >= 0.3 is 0 Å². The van der Waals surface area contributed by atoms with E-state index in [0.717, 1.165) is 5.69 Å². The van der Waals surface area contributed by atoms with Gasteiger partial charge < -0.3 is 24.0 Å². The second-order valence-electron chi connectivity index (χ2n) is 2.21. The van der Waals surface area contributed by atoms with Gasteiger partial charge in [0.15, 0.2) is 11.9 Å². The Hall–Kier alpha value is -0.190. The first-order chi connectivity index (χ1) is 4.22. The number of nitrogens with zero attached hydrogens (tertiary/aromatic N) is 2. The summed E-state index contributed by atoms with van der Waals surface area (Å²) in [5.74, 6) is 0. The van der Waals surface area contributed by atoms with E-state index < -0.39 is 0 Å². The maximum atomic E-state index is 4.12. The molecule has 0 aliphatic rings. The van der Waals surface area contributed by atoms with Gasteiger partial charge in [-0.3, -0.25) is 0 Å². The summed E-state index contributed by atoms with van der Waals surface area (Å²) in [6.45, 7) is 4.07. The van der Waals surface area contributed by atoms with Gasteiger partial charge in [-0.25, -0.2) is 9.55 Å². The fraction of sp³-hybridized carbons (Fsp3) is 0.429. The Labute approximate surface area is 78.3 Å². The van der Waals surface area contributed by atoms with E-state index in [9.17, 15) is 0 Å². The molecule has 0 radical (unpaired) electrons. The van der Waals surface area contributed by atoms with Crippen LogP contribution in [0.4, 0.5) is 0 Å². The first kappa shape index (κ1) is 9.81. The highest BCUT2D eigenvalue weighted by molar-refractivity contribution is 4.98. The molecule has 0 N–H and O–H groups in total. The van der Waals surface area contributed by atoms with Crippen LogP contribution in [-0.4, -0.2) is 4.98 Å². The lowest BCUT2D eigenvalue weighted by molar-refractivity contribution is -0.678. The molecular formula is C7H11IN2. The number of rotatable bonds is 0. The van der Waals surface area contributed by atoms with Gasteiger partial charge in [-0.15, -0.1) is 0 Å². The molecule has 0 aromatic carbocycles. The van der Waals surface area contributed by atoms with E-state index in [2.05, 4.69) is 16.5 Å². The van der Waals surface area contributed by atoms with Gasteiger partial charge in [0.1, 0.15) is 12.7 Å². The second kappa shape index (κ2) is 3.85. The van der Waals surface area contributed by atoms with E-state index in [-0.39, 0.29) is 24.0 Å². The molecule has 0 aliphatic heterocycles. The minimum absolute atomic E-state index is 0. The predicted octanol–water partition coefficient (Wildman–Crippen LogP) is -2.47. The lowest BCUT2D eigenvalue weighted by Crippen LogP contribution is -3.00. The Morgan fingerprint density at radius 2 is 2.00 bits per heavy atom. The Bertz CT molecular complexity index is 203. The summed E-state index contributed by atoms with van der Waals surface area (Å²) in [5.41, 5.74) is 2.32. The van der Waals surface area contributed by atoms with E-state index in [1.54, 1.807) is 0 Å². The third kappa shape index (κ3) is 1.90. The van der Waals surface area contributed by atoms with Crippen LogP contribution in [-0.2, 0) is 7.05 Å². The van der Waals surface area contributed by atoms with Gasteiger partial charge in [0.05, 0.1) is 6.20 Å². The summed E-state index contributed by atoms with van der Waals surface area (Å²) in [5, 5.41) is 0. The molecule has 1 rings (SSSR count). The topological polar surface area (TPSA) is 16.8 Å². The zero-order chi connectivity index (χ0) is 6.85. The molecule has 0 aliphatic carbocycles. The molecule has 1 aromatic rings. The highest BCUT2D eigenvalue weighted by atomic mass is 127. The van der Waals surface area contributed by atoms with Crippen LogP contribution >= 0.6 is 0 Å². The van der Waals surface area contributed by atoms with Crippen molar-refractivity contribution in [1.29, 1.82) is 0 Å². The van der Waals surface area contributed by atoms with E-state index >= 15 is 0 Å². The number of halogens is 1. The Kier molecular flexibility index (Phi) is 3.78. The van der Waals surface area contributed by atoms with E-state index in [4.69, 9.17) is 0 Å². The van der Waals surface area contributed by atoms with Crippen LogP contribution in [0.5, 0.6) is 0 Å².